The Bertz CT molecular complexity index is 301. The summed E-state index contributed by atoms with van der Waals surface area (Å²) in [6, 6.07) is 1.66. The summed E-state index contributed by atoms with van der Waals surface area (Å²) in [5, 5.41) is 8.34. The Balaban J connectivity index is 2.36. The minimum Gasteiger partial charge on any atom is -0.212 e. The lowest BCUT2D eigenvalue weighted by molar-refractivity contribution is 0.559. The number of hydrogen-bond donors (Lipinski definition) is 1. The summed E-state index contributed by atoms with van der Waals surface area (Å²) in [6.45, 7) is 1.70. The predicted octanol–water partition coefficient (Wildman–Crippen LogP) is 0.618. The largest absolute Gasteiger partial charge is 0.212 e. The van der Waals surface area contributed by atoms with Crippen molar-refractivity contribution in [1.29, 1.82) is 5.26 Å². The van der Waals surface area contributed by atoms with E-state index in [-0.39, 0.29) is 18.2 Å². The van der Waals surface area contributed by atoms with E-state index < -0.39 is 10.0 Å². The molecule has 0 aliphatic heterocycles. The van der Waals surface area contributed by atoms with E-state index in [9.17, 15) is 8.42 Å². The second kappa shape index (κ2) is 4.07. The molecule has 1 aliphatic rings. The van der Waals surface area contributed by atoms with E-state index in [4.69, 9.17) is 5.26 Å². The van der Waals surface area contributed by atoms with Crippen LogP contribution in [-0.4, -0.2) is 20.2 Å². The van der Waals surface area contributed by atoms with Crippen LogP contribution in [0.2, 0.25) is 0 Å². The summed E-state index contributed by atoms with van der Waals surface area (Å²) in [5.41, 5.74) is 0. The molecule has 4 nitrogen and oxygen atoms in total. The molecule has 0 heterocycles. The molecule has 0 amide bonds. The summed E-state index contributed by atoms with van der Waals surface area (Å²) in [6.07, 6.45) is 2.27. The standard InChI is InChI=1S/C8H14N2O2S/c1-7(4-5-9)10-13(11,12)6-8-2-3-8/h7-8,10H,2-4,6H2,1H3. The zero-order valence-corrected chi connectivity index (χ0v) is 8.47. The van der Waals surface area contributed by atoms with Crippen molar-refractivity contribution in [2.75, 3.05) is 5.75 Å². The third-order valence-corrected chi connectivity index (χ3v) is 3.60. The first-order valence-corrected chi connectivity index (χ1v) is 6.05. The summed E-state index contributed by atoms with van der Waals surface area (Å²) in [7, 11) is -3.14. The number of nitrogens with zero attached hydrogens (tertiary/aromatic N) is 1. The van der Waals surface area contributed by atoms with Gasteiger partial charge < -0.3 is 0 Å². The van der Waals surface area contributed by atoms with Crippen LogP contribution in [-0.2, 0) is 10.0 Å². The van der Waals surface area contributed by atoms with Crippen LogP contribution in [0.1, 0.15) is 26.2 Å². The molecular weight excluding hydrogens is 188 g/mol. The van der Waals surface area contributed by atoms with Crippen molar-refractivity contribution in [1.82, 2.24) is 4.72 Å². The van der Waals surface area contributed by atoms with Gasteiger partial charge in [0.1, 0.15) is 0 Å². The van der Waals surface area contributed by atoms with Gasteiger partial charge >= 0.3 is 0 Å². The predicted molar refractivity (Wildman–Crippen MR) is 49.3 cm³/mol. The summed E-state index contributed by atoms with van der Waals surface area (Å²) < 4.78 is 25.2. The molecule has 13 heavy (non-hydrogen) atoms. The molecule has 0 radical (unpaired) electrons. The van der Waals surface area contributed by atoms with Gasteiger partial charge in [0.25, 0.3) is 0 Å². The maximum absolute atomic E-state index is 11.3. The highest BCUT2D eigenvalue weighted by molar-refractivity contribution is 7.89. The highest BCUT2D eigenvalue weighted by atomic mass is 32.2. The summed E-state index contributed by atoms with van der Waals surface area (Å²) >= 11 is 0. The Morgan fingerprint density at radius 3 is 2.69 bits per heavy atom. The van der Waals surface area contributed by atoms with E-state index in [0.29, 0.717) is 5.92 Å². The quantitative estimate of drug-likeness (QED) is 0.710. The van der Waals surface area contributed by atoms with E-state index in [2.05, 4.69) is 4.72 Å². The third kappa shape index (κ3) is 4.25. The van der Waals surface area contributed by atoms with Crippen LogP contribution in [0.3, 0.4) is 0 Å². The van der Waals surface area contributed by atoms with Crippen LogP contribution in [0.15, 0.2) is 0 Å². The molecule has 1 N–H and O–H groups in total. The normalized spacial score (nSPS) is 19.4. The van der Waals surface area contributed by atoms with E-state index in [1.807, 2.05) is 6.07 Å². The lowest BCUT2D eigenvalue weighted by Crippen LogP contribution is -2.34. The maximum Gasteiger partial charge on any atom is 0.212 e. The number of hydrogen-bond acceptors (Lipinski definition) is 3. The molecule has 0 aromatic heterocycles. The van der Waals surface area contributed by atoms with Crippen LogP contribution in [0.5, 0.6) is 0 Å². The number of sulfonamides is 1. The van der Waals surface area contributed by atoms with Gasteiger partial charge in [0.15, 0.2) is 0 Å². The molecule has 0 spiro atoms. The van der Waals surface area contributed by atoms with Gasteiger partial charge in [0, 0.05) is 6.04 Å². The average Bonchev–Trinajstić information content (AvgIpc) is 2.69. The van der Waals surface area contributed by atoms with Gasteiger partial charge in [-0.3, -0.25) is 0 Å². The van der Waals surface area contributed by atoms with Crippen molar-refractivity contribution in [2.24, 2.45) is 5.92 Å². The Morgan fingerprint density at radius 1 is 1.62 bits per heavy atom. The van der Waals surface area contributed by atoms with Gasteiger partial charge in [-0.05, 0) is 25.7 Å². The van der Waals surface area contributed by atoms with E-state index >= 15 is 0 Å². The van der Waals surface area contributed by atoms with Crippen molar-refractivity contribution in [3.63, 3.8) is 0 Å². The molecule has 74 valence electrons. The minimum absolute atomic E-state index is 0.225. The third-order valence-electron chi connectivity index (χ3n) is 1.93. The first kappa shape index (κ1) is 10.5. The topological polar surface area (TPSA) is 70.0 Å². The van der Waals surface area contributed by atoms with Gasteiger partial charge in [0.2, 0.25) is 10.0 Å². The van der Waals surface area contributed by atoms with Crippen LogP contribution in [0.4, 0.5) is 0 Å². The number of rotatable bonds is 5. The number of nitriles is 1. The molecule has 0 aromatic carbocycles. The highest BCUT2D eigenvalue weighted by Gasteiger charge is 2.28. The van der Waals surface area contributed by atoms with Crippen molar-refractivity contribution in [2.45, 2.75) is 32.2 Å². The Hall–Kier alpha value is -0.600. The molecule has 0 bridgehead atoms. The second-order valence-electron chi connectivity index (χ2n) is 3.61. The Morgan fingerprint density at radius 2 is 2.23 bits per heavy atom. The van der Waals surface area contributed by atoms with Gasteiger partial charge in [-0.25, -0.2) is 13.1 Å². The first-order valence-electron chi connectivity index (χ1n) is 4.40. The fraction of sp³-hybridized carbons (Fsp3) is 0.875. The average molecular weight is 202 g/mol. The fourth-order valence-corrected chi connectivity index (χ4v) is 2.87. The highest BCUT2D eigenvalue weighted by Crippen LogP contribution is 2.29. The van der Waals surface area contributed by atoms with Gasteiger partial charge in [-0.2, -0.15) is 5.26 Å². The van der Waals surface area contributed by atoms with Gasteiger partial charge in [-0.1, -0.05) is 0 Å². The molecule has 1 rings (SSSR count). The van der Waals surface area contributed by atoms with Gasteiger partial charge in [-0.15, -0.1) is 0 Å². The van der Waals surface area contributed by atoms with Crippen LogP contribution < -0.4 is 4.72 Å². The van der Waals surface area contributed by atoms with E-state index in [1.165, 1.54) is 0 Å². The Kier molecular flexibility index (Phi) is 3.28. The zero-order valence-electron chi connectivity index (χ0n) is 7.66. The molecule has 1 fully saturated rings. The molecule has 1 aliphatic carbocycles. The molecule has 1 unspecified atom stereocenters. The number of nitrogens with one attached hydrogen (secondary N) is 1. The summed E-state index contributed by atoms with van der Waals surface area (Å²) in [5.74, 6) is 0.578. The first-order chi connectivity index (χ1) is 6.03. The van der Waals surface area contributed by atoms with Crippen LogP contribution >= 0.6 is 0 Å². The molecule has 0 saturated heterocycles. The molecule has 1 saturated carbocycles. The van der Waals surface area contributed by atoms with Crippen molar-refractivity contribution in [3.8, 4) is 6.07 Å². The second-order valence-corrected chi connectivity index (χ2v) is 5.40. The van der Waals surface area contributed by atoms with Crippen molar-refractivity contribution >= 4 is 10.0 Å². The Labute approximate surface area is 79.0 Å². The summed E-state index contributed by atoms with van der Waals surface area (Å²) in [4.78, 5) is 0. The maximum atomic E-state index is 11.3. The lowest BCUT2D eigenvalue weighted by atomic mass is 10.3. The minimum atomic E-state index is -3.14. The van der Waals surface area contributed by atoms with Crippen LogP contribution in [0.25, 0.3) is 0 Å². The van der Waals surface area contributed by atoms with E-state index in [0.717, 1.165) is 12.8 Å². The monoisotopic (exact) mass is 202 g/mol. The fourth-order valence-electron chi connectivity index (χ4n) is 1.13. The SMILES string of the molecule is CC(CC#N)NS(=O)(=O)CC1CC1. The molecule has 0 aromatic rings. The smallest absolute Gasteiger partial charge is 0.212 e. The zero-order chi connectivity index (χ0) is 9.90. The molecular formula is C8H14N2O2S. The molecule has 1 atom stereocenters. The van der Waals surface area contributed by atoms with Crippen molar-refractivity contribution in [3.05, 3.63) is 0 Å². The molecule has 5 heteroatoms. The van der Waals surface area contributed by atoms with E-state index in [1.54, 1.807) is 6.92 Å². The van der Waals surface area contributed by atoms with Crippen LogP contribution in [0, 0.1) is 17.2 Å². The van der Waals surface area contributed by atoms with Crippen molar-refractivity contribution < 1.29 is 8.42 Å². The van der Waals surface area contributed by atoms with Gasteiger partial charge in [0.05, 0.1) is 18.2 Å². The lowest BCUT2D eigenvalue weighted by Gasteiger charge is -2.10.